The molecule has 1 N–H and O–H groups in total. The summed E-state index contributed by atoms with van der Waals surface area (Å²) in [7, 11) is 0. The van der Waals surface area contributed by atoms with Crippen molar-refractivity contribution in [1.29, 1.82) is 0 Å². The molecule has 1 aliphatic heterocycles. The lowest BCUT2D eigenvalue weighted by molar-refractivity contribution is 0.234. The maximum atomic E-state index is 5.56. The van der Waals surface area contributed by atoms with Crippen molar-refractivity contribution in [3.63, 3.8) is 0 Å². The van der Waals surface area contributed by atoms with Gasteiger partial charge in [-0.15, -0.1) is 11.8 Å². The van der Waals surface area contributed by atoms with Crippen LogP contribution in [0.15, 0.2) is 4.52 Å². The number of nitrogens with one attached hydrogen (secondary N) is 1. The molecule has 1 fully saturated rings. The summed E-state index contributed by atoms with van der Waals surface area (Å²) < 4.78 is 5.79. The summed E-state index contributed by atoms with van der Waals surface area (Å²) in [5.41, 5.74) is 0.0254. The Hall–Kier alpha value is -0.550. The van der Waals surface area contributed by atoms with Crippen LogP contribution in [0.25, 0.3) is 0 Å². The SMILES string of the molecule is CC(C)C1(c2nc(CSC(C)(C)C)no2)CCNC1. The first-order valence-corrected chi connectivity index (χ1v) is 8.00. The van der Waals surface area contributed by atoms with Crippen LogP contribution in [0.2, 0.25) is 0 Å². The third-order valence-corrected chi connectivity index (χ3v) is 5.09. The van der Waals surface area contributed by atoms with Gasteiger partial charge in [-0.2, -0.15) is 4.98 Å². The summed E-state index contributed by atoms with van der Waals surface area (Å²) in [4.78, 5) is 4.65. The number of rotatable bonds is 4. The summed E-state index contributed by atoms with van der Waals surface area (Å²) in [6.07, 6.45) is 1.08. The summed E-state index contributed by atoms with van der Waals surface area (Å²) in [6.45, 7) is 13.1. The molecule has 0 bridgehead atoms. The molecule has 0 aromatic carbocycles. The van der Waals surface area contributed by atoms with E-state index >= 15 is 0 Å². The second-order valence-corrected chi connectivity index (χ2v) is 8.46. The third kappa shape index (κ3) is 3.31. The molecule has 19 heavy (non-hydrogen) atoms. The highest BCUT2D eigenvalue weighted by Crippen LogP contribution is 2.37. The molecule has 0 amide bonds. The molecular weight excluding hydrogens is 258 g/mol. The maximum absolute atomic E-state index is 5.56. The normalized spacial score (nSPS) is 24.3. The van der Waals surface area contributed by atoms with Gasteiger partial charge >= 0.3 is 0 Å². The van der Waals surface area contributed by atoms with E-state index in [0.717, 1.165) is 37.0 Å². The molecule has 0 aliphatic carbocycles. The Morgan fingerprint density at radius 2 is 2.16 bits per heavy atom. The van der Waals surface area contributed by atoms with Crippen LogP contribution in [0.3, 0.4) is 0 Å². The van der Waals surface area contributed by atoms with Gasteiger partial charge in [-0.3, -0.25) is 0 Å². The molecule has 1 atom stereocenters. The lowest BCUT2D eigenvalue weighted by Crippen LogP contribution is -2.35. The van der Waals surface area contributed by atoms with Crippen molar-refractivity contribution in [2.45, 2.75) is 57.0 Å². The van der Waals surface area contributed by atoms with E-state index in [2.05, 4.69) is 50.1 Å². The highest BCUT2D eigenvalue weighted by molar-refractivity contribution is 7.99. The molecule has 108 valence electrons. The fourth-order valence-corrected chi connectivity index (χ4v) is 3.11. The van der Waals surface area contributed by atoms with E-state index in [0.29, 0.717) is 5.92 Å². The quantitative estimate of drug-likeness (QED) is 0.920. The zero-order chi connectivity index (χ0) is 14.1. The predicted octanol–water partition coefficient (Wildman–Crippen LogP) is 2.99. The second-order valence-electron chi connectivity index (χ2n) is 6.65. The van der Waals surface area contributed by atoms with Crippen molar-refractivity contribution in [3.8, 4) is 0 Å². The van der Waals surface area contributed by atoms with Gasteiger partial charge in [0.1, 0.15) is 0 Å². The lowest BCUT2D eigenvalue weighted by Gasteiger charge is -2.28. The minimum atomic E-state index is 0.0254. The van der Waals surface area contributed by atoms with Crippen LogP contribution in [0.4, 0.5) is 0 Å². The number of thioether (sulfide) groups is 1. The lowest BCUT2D eigenvalue weighted by atomic mass is 9.76. The summed E-state index contributed by atoms with van der Waals surface area (Å²) in [5, 5.41) is 7.58. The topological polar surface area (TPSA) is 51.0 Å². The van der Waals surface area contributed by atoms with Crippen LogP contribution < -0.4 is 5.32 Å². The first-order valence-electron chi connectivity index (χ1n) is 7.01. The monoisotopic (exact) mass is 283 g/mol. The molecule has 1 aromatic heterocycles. The van der Waals surface area contributed by atoms with E-state index in [9.17, 15) is 0 Å². The Balaban J connectivity index is 2.11. The molecule has 1 aromatic rings. The number of aromatic nitrogens is 2. The van der Waals surface area contributed by atoms with E-state index in [-0.39, 0.29) is 10.2 Å². The largest absolute Gasteiger partial charge is 0.339 e. The molecule has 2 heterocycles. The van der Waals surface area contributed by atoms with Crippen LogP contribution in [-0.4, -0.2) is 28.0 Å². The first kappa shape index (κ1) is 14.9. The van der Waals surface area contributed by atoms with Gasteiger partial charge in [0.2, 0.25) is 5.89 Å². The van der Waals surface area contributed by atoms with Crippen molar-refractivity contribution in [3.05, 3.63) is 11.7 Å². The first-order chi connectivity index (χ1) is 8.83. The minimum Gasteiger partial charge on any atom is -0.339 e. The van der Waals surface area contributed by atoms with E-state index in [1.54, 1.807) is 0 Å². The molecule has 0 radical (unpaired) electrons. The van der Waals surface area contributed by atoms with E-state index in [4.69, 9.17) is 4.52 Å². The molecule has 0 spiro atoms. The van der Waals surface area contributed by atoms with Gasteiger partial charge in [-0.25, -0.2) is 0 Å². The van der Waals surface area contributed by atoms with Gasteiger partial charge in [0.15, 0.2) is 5.82 Å². The Morgan fingerprint density at radius 1 is 1.42 bits per heavy atom. The molecule has 1 aliphatic rings. The Morgan fingerprint density at radius 3 is 2.68 bits per heavy atom. The average Bonchev–Trinajstić information content (AvgIpc) is 2.95. The van der Waals surface area contributed by atoms with Gasteiger partial charge in [-0.1, -0.05) is 39.8 Å². The molecular formula is C14H25N3OS. The highest BCUT2D eigenvalue weighted by Gasteiger charge is 2.43. The smallest absolute Gasteiger partial charge is 0.234 e. The molecule has 0 saturated carbocycles. The Bertz CT molecular complexity index is 417. The van der Waals surface area contributed by atoms with Crippen LogP contribution >= 0.6 is 11.8 Å². The van der Waals surface area contributed by atoms with E-state index < -0.39 is 0 Å². The minimum absolute atomic E-state index is 0.0254. The van der Waals surface area contributed by atoms with Gasteiger partial charge in [0, 0.05) is 11.3 Å². The fourth-order valence-electron chi connectivity index (χ4n) is 2.43. The van der Waals surface area contributed by atoms with Crippen molar-refractivity contribution in [1.82, 2.24) is 15.5 Å². The Kier molecular flexibility index (Phi) is 4.26. The van der Waals surface area contributed by atoms with Crippen LogP contribution in [-0.2, 0) is 11.2 Å². The Labute approximate surface area is 120 Å². The number of hydrogen-bond acceptors (Lipinski definition) is 5. The molecule has 1 unspecified atom stereocenters. The van der Waals surface area contributed by atoms with Gasteiger partial charge in [0.05, 0.1) is 11.2 Å². The molecule has 5 heteroatoms. The van der Waals surface area contributed by atoms with Crippen molar-refractivity contribution in [2.75, 3.05) is 13.1 Å². The molecule has 1 saturated heterocycles. The summed E-state index contributed by atoms with van der Waals surface area (Å²) in [6, 6.07) is 0. The molecule has 4 nitrogen and oxygen atoms in total. The predicted molar refractivity (Wildman–Crippen MR) is 79.3 cm³/mol. The third-order valence-electron chi connectivity index (χ3n) is 3.82. The second kappa shape index (κ2) is 5.44. The highest BCUT2D eigenvalue weighted by atomic mass is 32.2. The van der Waals surface area contributed by atoms with Gasteiger partial charge in [-0.05, 0) is 18.9 Å². The summed E-state index contributed by atoms with van der Waals surface area (Å²) >= 11 is 1.85. The zero-order valence-corrected chi connectivity index (χ0v) is 13.4. The van der Waals surface area contributed by atoms with E-state index in [1.807, 2.05) is 11.8 Å². The van der Waals surface area contributed by atoms with Gasteiger partial charge < -0.3 is 9.84 Å². The van der Waals surface area contributed by atoms with Crippen LogP contribution in [0, 0.1) is 5.92 Å². The van der Waals surface area contributed by atoms with Crippen molar-refractivity contribution >= 4 is 11.8 Å². The van der Waals surface area contributed by atoms with Crippen LogP contribution in [0.5, 0.6) is 0 Å². The molecule has 2 rings (SSSR count). The van der Waals surface area contributed by atoms with Gasteiger partial charge in [0.25, 0.3) is 0 Å². The van der Waals surface area contributed by atoms with Crippen molar-refractivity contribution < 1.29 is 4.52 Å². The fraction of sp³-hybridized carbons (Fsp3) is 0.857. The van der Waals surface area contributed by atoms with Crippen LogP contribution in [0.1, 0.15) is 52.8 Å². The summed E-state index contributed by atoms with van der Waals surface area (Å²) in [5.74, 6) is 2.96. The van der Waals surface area contributed by atoms with Crippen molar-refractivity contribution in [2.24, 2.45) is 5.92 Å². The number of nitrogens with zero attached hydrogens (tertiary/aromatic N) is 2. The average molecular weight is 283 g/mol. The maximum Gasteiger partial charge on any atom is 0.234 e. The zero-order valence-electron chi connectivity index (χ0n) is 12.6. The standard InChI is InChI=1S/C14H25N3OS/c1-10(2)14(6-7-15-9-14)12-16-11(17-18-12)8-19-13(3,4)5/h10,15H,6-9H2,1-5H3. The number of hydrogen-bond donors (Lipinski definition) is 1. The van der Waals surface area contributed by atoms with E-state index in [1.165, 1.54) is 0 Å².